The molecule has 2 aromatic heterocycles. The Morgan fingerprint density at radius 2 is 0.779 bits per heavy atom. The third-order valence-electron chi connectivity index (χ3n) is 21.7. The number of imidazole rings is 2. The first-order valence-electron chi connectivity index (χ1n) is 46.1. The highest BCUT2D eigenvalue weighted by Crippen LogP contribution is 2.17. The average molecular weight is 2010 g/mol. The molecule has 2 heterocycles. The van der Waals surface area contributed by atoms with Gasteiger partial charge < -0.3 is 144 Å². The molecule has 19 amide bonds. The Bertz CT molecular complexity index is 4560. The molecule has 0 saturated carbocycles. The lowest BCUT2D eigenvalue weighted by Crippen LogP contribution is -2.61. The van der Waals surface area contributed by atoms with Gasteiger partial charge in [-0.1, -0.05) is 92.1 Å². The number of carboxylic acids is 1. The van der Waals surface area contributed by atoms with Crippen LogP contribution in [-0.2, 0) is 115 Å². The summed E-state index contributed by atoms with van der Waals surface area (Å²) in [4.78, 5) is 290. The summed E-state index contributed by atoms with van der Waals surface area (Å²) in [6, 6.07) is -15.1. The smallest absolute Gasteiger partial charge is 0.303 e. The fourth-order valence-electron chi connectivity index (χ4n) is 13.9. The predicted octanol–water partition coefficient (Wildman–Crippen LogP) is -6.89. The second-order valence-electron chi connectivity index (χ2n) is 34.8. The number of rotatable bonds is 70. The molecular formula is C88H143N27O23S2. The van der Waals surface area contributed by atoms with Crippen LogP contribution in [0.4, 0.5) is 0 Å². The van der Waals surface area contributed by atoms with Gasteiger partial charge in [-0.2, -0.15) is 23.5 Å². The van der Waals surface area contributed by atoms with Crippen molar-refractivity contribution in [3.8, 4) is 0 Å². The second kappa shape index (κ2) is 64.9. The number of primary amides is 3. The first-order valence-corrected chi connectivity index (χ1v) is 48.9. The number of nitrogens with zero attached hydrogens (tertiary/aromatic N) is 2. The van der Waals surface area contributed by atoms with E-state index in [0.717, 1.165) is 0 Å². The monoisotopic (exact) mass is 2010 g/mol. The van der Waals surface area contributed by atoms with Gasteiger partial charge in [-0.3, -0.25) is 101 Å². The number of thioether (sulfide) groups is 2. The van der Waals surface area contributed by atoms with Crippen molar-refractivity contribution in [3.05, 3.63) is 72.3 Å². The van der Waals surface area contributed by atoms with Gasteiger partial charge in [-0.15, -0.1) is 0 Å². The number of aromatic nitrogens is 4. The minimum absolute atomic E-state index is 0.0495. The first-order chi connectivity index (χ1) is 66.3. The average Bonchev–Trinajstić information content (AvgIpc) is 1.28. The number of carbonyl (C=O) groups is 20. The van der Waals surface area contributed by atoms with E-state index in [1.165, 1.54) is 48.6 Å². The van der Waals surface area contributed by atoms with Crippen LogP contribution in [0.5, 0.6) is 0 Å². The Morgan fingerprint density at radius 1 is 0.407 bits per heavy atom. The molecule has 1 aromatic carbocycles. The fraction of sp³-hybridized carbons (Fsp3) is 0.625. The highest BCUT2D eigenvalue weighted by molar-refractivity contribution is 7.98. The topological polar surface area (TPSA) is 818 Å². The maximum atomic E-state index is 14.7. The van der Waals surface area contributed by atoms with Gasteiger partial charge in [0.15, 0.2) is 5.96 Å². The molecule has 0 aliphatic rings. The predicted molar refractivity (Wildman–Crippen MR) is 515 cm³/mol. The van der Waals surface area contributed by atoms with Crippen LogP contribution < -0.4 is 119 Å². The van der Waals surface area contributed by atoms with Gasteiger partial charge in [0.25, 0.3) is 0 Å². The standard InChI is InChI=1S/C88H143N27O23S2/c1-11-49(8)34-69(120)101-55(22-24-67(90)118)76(127)109-61(35-50-18-13-12-14-19-50)82(133)105-58(27-31-140-10)79(130)111-63(37-52-40-96-45-100-52)84(135)112-64(38-68(91)119)85(136)107-59(32-46(2)3)74(125)98-41-70(121)102-53(20-15-16-28-89)75(126)110-62(36-51-39-95-44-99-51)83(134)108-60(33-47(4)5)81(132)113-66(43-117)87(138)114-65(42-116)86(137)106-57(26-30-139-9)78(129)104-56(23-25-71(122)123)77(128)103-54(21-17-29-97-88(93)94)80(131)115-72(48(6)7)73(92)124/h12-14,18-19,39-40,44-49,53-66,72,116-117H,11,15-17,20-38,41-43,89H2,1-10H3,(H2,90,118)(H2,91,119)(H2,92,124)(H,95,99)(H,96,100)(H,98,125)(H,101,120)(H,102,121)(H,103,128)(H,104,129)(H,105,133)(H,106,137)(H,107,136)(H,108,134)(H,109,127)(H,110,126)(H,111,130)(H,112,135)(H,113,132)(H,114,138)(H,115,131)(H,122,123)(H4,93,94,97). The maximum absolute atomic E-state index is 14.7. The van der Waals surface area contributed by atoms with E-state index in [0.29, 0.717) is 18.4 Å². The number of unbranched alkanes of at least 4 members (excludes halogenated alkanes) is 1. The van der Waals surface area contributed by atoms with E-state index in [4.69, 9.17) is 34.1 Å². The highest BCUT2D eigenvalue weighted by atomic mass is 32.2. The Balaban J connectivity index is 1.89. The summed E-state index contributed by atoms with van der Waals surface area (Å²) >= 11 is 2.52. The molecule has 33 N–H and O–H groups in total. The molecule has 16 atom stereocenters. The lowest BCUT2D eigenvalue weighted by Gasteiger charge is -2.28. The molecule has 0 saturated heterocycles. The number of carboxylic acid groups (broad SMARTS) is 1. The molecule has 52 heteroatoms. The third kappa shape index (κ3) is 47.0. The fourth-order valence-corrected chi connectivity index (χ4v) is 14.8. The number of H-pyrrole nitrogens is 2. The van der Waals surface area contributed by atoms with Crippen molar-refractivity contribution >= 4 is 148 Å². The number of carbonyl (C=O) groups excluding carboxylic acids is 19. The number of aliphatic carboxylic acids is 1. The van der Waals surface area contributed by atoms with Gasteiger partial charge in [0.2, 0.25) is 112 Å². The normalized spacial score (nSPS) is 14.6. The van der Waals surface area contributed by atoms with Gasteiger partial charge in [0.1, 0.15) is 90.6 Å². The zero-order chi connectivity index (χ0) is 105. The molecule has 0 radical (unpaired) electrons. The van der Waals surface area contributed by atoms with Crippen molar-refractivity contribution in [3.63, 3.8) is 0 Å². The number of nitrogens with two attached hydrogens (primary N) is 5. The number of guanidine groups is 1. The van der Waals surface area contributed by atoms with Crippen molar-refractivity contribution < 1.29 is 111 Å². The highest BCUT2D eigenvalue weighted by Gasteiger charge is 2.40. The van der Waals surface area contributed by atoms with Crippen molar-refractivity contribution in [2.24, 2.45) is 52.3 Å². The van der Waals surface area contributed by atoms with E-state index in [9.17, 15) is 111 Å². The Labute approximate surface area is 820 Å². The minimum Gasteiger partial charge on any atom is -0.481 e. The van der Waals surface area contributed by atoms with Crippen molar-refractivity contribution in [1.29, 1.82) is 5.41 Å². The van der Waals surface area contributed by atoms with Crippen molar-refractivity contribution in [1.82, 2.24) is 110 Å². The van der Waals surface area contributed by atoms with Gasteiger partial charge in [-0.05, 0) is 130 Å². The van der Waals surface area contributed by atoms with Crippen LogP contribution in [0.15, 0.2) is 55.4 Å². The van der Waals surface area contributed by atoms with E-state index in [2.05, 4.69) is 110 Å². The molecule has 0 spiro atoms. The zero-order valence-electron chi connectivity index (χ0n) is 80.7. The van der Waals surface area contributed by atoms with E-state index in [-0.39, 0.29) is 138 Å². The summed E-state index contributed by atoms with van der Waals surface area (Å²) in [5.41, 5.74) is 28.9. The maximum Gasteiger partial charge on any atom is 0.303 e. The van der Waals surface area contributed by atoms with E-state index >= 15 is 0 Å². The molecule has 3 aromatic rings. The number of aromatic amines is 2. The molecule has 16 unspecified atom stereocenters. The van der Waals surface area contributed by atoms with Crippen LogP contribution in [0.1, 0.15) is 175 Å². The number of nitrogens with one attached hydrogen (secondary N) is 20. The molecule has 140 heavy (non-hydrogen) atoms. The lowest BCUT2D eigenvalue weighted by atomic mass is 10.0. The number of benzene rings is 1. The molecule has 3 rings (SSSR count). The summed E-state index contributed by atoms with van der Waals surface area (Å²) in [5.74, 6) is -21.4. The SMILES string of the molecule is CCC(C)CC(=O)NC(CCC(N)=O)C(=O)NC(Cc1ccccc1)C(=O)NC(CCSC)C(=O)NC(Cc1c[nH]cn1)C(=O)NC(CC(N)=O)C(=O)NC(CC(C)C)C(=O)NCC(=O)NC(CCCCN)C(=O)NC(Cc1c[nH]cn1)C(=O)NC(CC(C)C)C(=O)NC(CO)C(=O)NC(CO)C(=O)NC(CCSC)C(=O)NC(CCC(=O)O)C(=O)NC(CCCNC(=N)N)C(=O)NC(C(N)=O)C(C)C. The summed E-state index contributed by atoms with van der Waals surface area (Å²) in [6.45, 7) is 10.6. The lowest BCUT2D eigenvalue weighted by molar-refractivity contribution is -0.139. The van der Waals surface area contributed by atoms with Crippen LogP contribution in [0, 0.1) is 29.1 Å². The van der Waals surface area contributed by atoms with Crippen LogP contribution in [-0.4, -0.2) is 307 Å². The Hall–Kier alpha value is -13.1. The van der Waals surface area contributed by atoms with E-state index in [1.54, 1.807) is 84.4 Å². The number of aliphatic hydroxyl groups is 2. The van der Waals surface area contributed by atoms with E-state index in [1.807, 2.05) is 13.8 Å². The van der Waals surface area contributed by atoms with Gasteiger partial charge in [0.05, 0.1) is 50.2 Å². The Morgan fingerprint density at radius 3 is 1.19 bits per heavy atom. The van der Waals surface area contributed by atoms with E-state index < -0.39 is 266 Å². The number of amides is 19. The van der Waals surface area contributed by atoms with Gasteiger partial charge >= 0.3 is 5.97 Å². The third-order valence-corrected chi connectivity index (χ3v) is 23.0. The number of aliphatic hydroxyl groups excluding tert-OH is 2. The Kier molecular flexibility index (Phi) is 56.1. The second-order valence-corrected chi connectivity index (χ2v) is 36.8. The largest absolute Gasteiger partial charge is 0.481 e. The van der Waals surface area contributed by atoms with Gasteiger partial charge in [-0.25, -0.2) is 9.97 Å². The molecule has 0 aliphatic heterocycles. The summed E-state index contributed by atoms with van der Waals surface area (Å²) < 4.78 is 0. The quantitative estimate of drug-likeness (QED) is 0.0142. The summed E-state index contributed by atoms with van der Waals surface area (Å²) in [5, 5.41) is 80.9. The molecule has 0 bridgehead atoms. The number of hydrogen-bond acceptors (Lipinski definition) is 28. The first kappa shape index (κ1) is 121. The van der Waals surface area contributed by atoms with Crippen molar-refractivity contribution in [2.75, 3.05) is 56.9 Å². The van der Waals surface area contributed by atoms with Crippen LogP contribution in [0.25, 0.3) is 0 Å². The molecular weight excluding hydrogens is 1870 g/mol. The van der Waals surface area contributed by atoms with Gasteiger partial charge in [0, 0.05) is 57.5 Å². The minimum atomic E-state index is -1.93. The summed E-state index contributed by atoms with van der Waals surface area (Å²) in [7, 11) is 0. The van der Waals surface area contributed by atoms with Crippen LogP contribution in [0.3, 0.4) is 0 Å². The molecule has 780 valence electrons. The van der Waals surface area contributed by atoms with Crippen LogP contribution >= 0.6 is 23.5 Å². The summed E-state index contributed by atoms with van der Waals surface area (Å²) in [6.07, 6.45) is 5.77. The van der Waals surface area contributed by atoms with Crippen molar-refractivity contribution in [2.45, 2.75) is 268 Å². The molecule has 50 nitrogen and oxygen atoms in total. The molecule has 0 aliphatic carbocycles. The molecule has 0 fully saturated rings. The number of hydrogen-bond donors (Lipinski definition) is 28. The van der Waals surface area contributed by atoms with Crippen LogP contribution in [0.2, 0.25) is 0 Å². The zero-order valence-corrected chi connectivity index (χ0v) is 82.3.